The van der Waals surface area contributed by atoms with Crippen LogP contribution in [0.15, 0.2) is 65.8 Å². The minimum absolute atomic E-state index is 0.204. The van der Waals surface area contributed by atoms with Gasteiger partial charge in [0.25, 0.3) is 0 Å². The number of methoxy groups -OCH3 is 1. The first-order valence-corrected chi connectivity index (χ1v) is 11.1. The molecule has 0 aliphatic carbocycles. The van der Waals surface area contributed by atoms with E-state index in [4.69, 9.17) is 32.7 Å². The number of carbonyl (C=O) groups is 2. The van der Waals surface area contributed by atoms with Crippen LogP contribution in [0.2, 0.25) is 10.0 Å². The number of nitrogens with zero attached hydrogens (tertiary/aromatic N) is 1. The van der Waals surface area contributed by atoms with Crippen LogP contribution in [0.4, 0.5) is 5.69 Å². The van der Waals surface area contributed by atoms with E-state index < -0.39 is 11.8 Å². The van der Waals surface area contributed by atoms with Crippen LogP contribution in [0.3, 0.4) is 0 Å². The summed E-state index contributed by atoms with van der Waals surface area (Å²) < 4.78 is 11.2. The van der Waals surface area contributed by atoms with Crippen LogP contribution in [-0.2, 0) is 22.6 Å². The average Bonchev–Trinajstić information content (AvgIpc) is 2.84. The number of hydrazone groups is 1. The Morgan fingerprint density at radius 2 is 1.74 bits per heavy atom. The van der Waals surface area contributed by atoms with Crippen LogP contribution in [0, 0.1) is 0 Å². The highest BCUT2D eigenvalue weighted by Gasteiger charge is 2.14. The van der Waals surface area contributed by atoms with E-state index >= 15 is 0 Å². The van der Waals surface area contributed by atoms with E-state index in [1.54, 1.807) is 30.3 Å². The first-order chi connectivity index (χ1) is 16.4. The molecule has 7 nitrogen and oxygen atoms in total. The summed E-state index contributed by atoms with van der Waals surface area (Å²) in [7, 11) is 1.48. The monoisotopic (exact) mass is 499 g/mol. The lowest BCUT2D eigenvalue weighted by Crippen LogP contribution is -2.32. The number of nitrogens with one attached hydrogen (secondary N) is 2. The normalized spacial score (nSPS) is 10.7. The van der Waals surface area contributed by atoms with Gasteiger partial charge in [-0.15, -0.1) is 0 Å². The summed E-state index contributed by atoms with van der Waals surface area (Å²) in [6.07, 6.45) is 2.22. The lowest BCUT2D eigenvalue weighted by Gasteiger charge is -2.14. The number of hydrogen-bond donors (Lipinski definition) is 2. The molecular formula is C25H23Cl2N3O4. The highest BCUT2D eigenvalue weighted by molar-refractivity contribution is 6.39. The van der Waals surface area contributed by atoms with Crippen LogP contribution < -0.4 is 20.2 Å². The maximum absolute atomic E-state index is 12.1. The maximum atomic E-state index is 12.1. The highest BCUT2D eigenvalue weighted by Crippen LogP contribution is 2.37. The largest absolute Gasteiger partial charge is 0.493 e. The van der Waals surface area contributed by atoms with Crippen molar-refractivity contribution in [2.75, 3.05) is 12.4 Å². The number of ether oxygens (including phenoxy) is 2. The predicted octanol–water partition coefficient (Wildman–Crippen LogP) is 5.23. The van der Waals surface area contributed by atoms with E-state index in [-0.39, 0.29) is 11.6 Å². The van der Waals surface area contributed by atoms with Crippen molar-refractivity contribution in [3.8, 4) is 11.5 Å². The molecule has 176 valence electrons. The molecule has 0 unspecified atom stereocenters. The molecule has 0 aliphatic heterocycles. The van der Waals surface area contributed by atoms with Crippen molar-refractivity contribution in [1.82, 2.24) is 5.43 Å². The summed E-state index contributed by atoms with van der Waals surface area (Å²) in [6, 6.07) is 17.8. The van der Waals surface area contributed by atoms with Gasteiger partial charge in [-0.3, -0.25) is 9.59 Å². The van der Waals surface area contributed by atoms with Gasteiger partial charge in [0.1, 0.15) is 6.61 Å². The van der Waals surface area contributed by atoms with E-state index in [0.29, 0.717) is 27.8 Å². The van der Waals surface area contributed by atoms with Crippen LogP contribution in [0.25, 0.3) is 0 Å². The van der Waals surface area contributed by atoms with Crippen molar-refractivity contribution in [3.05, 3.63) is 87.4 Å². The lowest BCUT2D eigenvalue weighted by molar-refractivity contribution is -0.136. The van der Waals surface area contributed by atoms with Gasteiger partial charge in [0.05, 0.1) is 18.3 Å². The number of carbonyl (C=O) groups excluding carboxylic acids is 2. The summed E-state index contributed by atoms with van der Waals surface area (Å²) in [5.74, 6) is -1.02. The fourth-order valence-corrected chi connectivity index (χ4v) is 3.41. The van der Waals surface area contributed by atoms with Gasteiger partial charge in [0.15, 0.2) is 11.5 Å². The molecule has 0 heterocycles. The van der Waals surface area contributed by atoms with Crippen LogP contribution in [-0.4, -0.2) is 25.1 Å². The van der Waals surface area contributed by atoms with Gasteiger partial charge in [0.2, 0.25) is 0 Å². The third kappa shape index (κ3) is 6.73. The molecule has 3 aromatic rings. The minimum Gasteiger partial charge on any atom is -0.493 e. The zero-order valence-corrected chi connectivity index (χ0v) is 20.1. The molecule has 2 N–H and O–H groups in total. The van der Waals surface area contributed by atoms with E-state index in [1.165, 1.54) is 13.3 Å². The highest BCUT2D eigenvalue weighted by atomic mass is 35.5. The Morgan fingerprint density at radius 3 is 2.41 bits per heavy atom. The first kappa shape index (κ1) is 25.1. The molecule has 0 saturated carbocycles. The topological polar surface area (TPSA) is 89.0 Å². The molecule has 2 amide bonds. The fraction of sp³-hybridized carbons (Fsp3) is 0.160. The van der Waals surface area contributed by atoms with Crippen molar-refractivity contribution in [2.24, 2.45) is 5.10 Å². The molecule has 0 fully saturated rings. The first-order valence-electron chi connectivity index (χ1n) is 10.4. The summed E-state index contributed by atoms with van der Waals surface area (Å²) in [5.41, 5.74) is 5.16. The number of amides is 2. The summed E-state index contributed by atoms with van der Waals surface area (Å²) in [5, 5.41) is 7.21. The Morgan fingerprint density at radius 1 is 1.00 bits per heavy atom. The average molecular weight is 500 g/mol. The molecule has 0 atom stereocenters. The molecule has 0 radical (unpaired) electrons. The quantitative estimate of drug-likeness (QED) is 0.252. The molecule has 0 bridgehead atoms. The van der Waals surface area contributed by atoms with Crippen molar-refractivity contribution < 1.29 is 19.1 Å². The van der Waals surface area contributed by atoms with Gasteiger partial charge in [-0.1, -0.05) is 60.5 Å². The van der Waals surface area contributed by atoms with E-state index in [1.807, 2.05) is 37.3 Å². The predicted molar refractivity (Wildman–Crippen MR) is 134 cm³/mol. The Kier molecular flexibility index (Phi) is 8.90. The van der Waals surface area contributed by atoms with Gasteiger partial charge in [-0.25, -0.2) is 5.43 Å². The van der Waals surface area contributed by atoms with E-state index in [2.05, 4.69) is 15.8 Å². The van der Waals surface area contributed by atoms with Crippen molar-refractivity contribution in [2.45, 2.75) is 20.0 Å². The number of hydrogen-bond acceptors (Lipinski definition) is 5. The molecule has 0 aliphatic rings. The summed E-state index contributed by atoms with van der Waals surface area (Å²) in [6.45, 7) is 2.23. The molecule has 34 heavy (non-hydrogen) atoms. The molecule has 3 rings (SSSR count). The van der Waals surface area contributed by atoms with Crippen LogP contribution in [0.5, 0.6) is 11.5 Å². The molecular weight excluding hydrogens is 477 g/mol. The maximum Gasteiger partial charge on any atom is 0.329 e. The standard InChI is InChI=1S/C25H23Cl2N3O4/c1-3-16-8-10-19(11-9-16)29-24(31)25(32)30-28-14-17-12-21(27)23(22(13-17)33-2)34-15-18-6-4-5-7-20(18)26/h4-14H,3,15H2,1-2H3,(H,29,31)(H,30,32)/b28-14-. The summed E-state index contributed by atoms with van der Waals surface area (Å²) >= 11 is 12.5. The molecule has 9 heteroatoms. The number of benzene rings is 3. The molecule has 0 saturated heterocycles. The summed E-state index contributed by atoms with van der Waals surface area (Å²) in [4.78, 5) is 24.1. The van der Waals surface area contributed by atoms with Crippen molar-refractivity contribution in [3.63, 3.8) is 0 Å². The van der Waals surface area contributed by atoms with E-state index in [0.717, 1.165) is 17.5 Å². The van der Waals surface area contributed by atoms with Crippen molar-refractivity contribution >= 4 is 46.9 Å². The van der Waals surface area contributed by atoms with E-state index in [9.17, 15) is 9.59 Å². The third-order valence-corrected chi connectivity index (χ3v) is 5.44. The van der Waals surface area contributed by atoms with Gasteiger partial charge >= 0.3 is 11.8 Å². The third-order valence-electron chi connectivity index (χ3n) is 4.79. The minimum atomic E-state index is -0.909. The van der Waals surface area contributed by atoms with Gasteiger partial charge < -0.3 is 14.8 Å². The van der Waals surface area contributed by atoms with Gasteiger partial charge in [-0.2, -0.15) is 5.10 Å². The van der Waals surface area contributed by atoms with Crippen LogP contribution in [0.1, 0.15) is 23.6 Å². The Hall–Kier alpha value is -3.55. The lowest BCUT2D eigenvalue weighted by atomic mass is 10.1. The number of halogens is 2. The molecule has 0 aromatic heterocycles. The van der Waals surface area contributed by atoms with Gasteiger partial charge in [-0.05, 0) is 47.9 Å². The Bertz CT molecular complexity index is 1200. The van der Waals surface area contributed by atoms with Gasteiger partial charge in [0, 0.05) is 16.3 Å². The Labute approximate surface area is 207 Å². The smallest absolute Gasteiger partial charge is 0.329 e. The second kappa shape index (κ2) is 12.1. The van der Waals surface area contributed by atoms with Crippen LogP contribution >= 0.6 is 23.2 Å². The number of aryl methyl sites for hydroxylation is 1. The Balaban J connectivity index is 1.61. The van der Waals surface area contributed by atoms with Crippen molar-refractivity contribution in [1.29, 1.82) is 0 Å². The zero-order chi connectivity index (χ0) is 24.5. The SMILES string of the molecule is CCc1ccc(NC(=O)C(=O)N/N=C\c2cc(Cl)c(OCc3ccccc3Cl)c(OC)c2)cc1. The second-order valence-corrected chi connectivity index (χ2v) is 7.93. The second-order valence-electron chi connectivity index (χ2n) is 7.12. The number of anilines is 1. The fourth-order valence-electron chi connectivity index (χ4n) is 2.95. The number of rotatable bonds is 8. The zero-order valence-electron chi connectivity index (χ0n) is 18.6. The molecule has 3 aromatic carbocycles. The molecule has 0 spiro atoms.